The van der Waals surface area contributed by atoms with Crippen molar-refractivity contribution in [2.75, 3.05) is 18.6 Å². The molecule has 1 atom stereocenters. The Morgan fingerprint density at radius 2 is 1.85 bits per heavy atom. The molecule has 1 N–H and O–H groups in total. The quantitative estimate of drug-likeness (QED) is 0.597. The lowest BCUT2D eigenvalue weighted by Gasteiger charge is -2.20. The Labute approximate surface area is 157 Å². The van der Waals surface area contributed by atoms with Gasteiger partial charge in [-0.1, -0.05) is 32.2 Å². The summed E-state index contributed by atoms with van der Waals surface area (Å²) in [5.41, 5.74) is 1.01. The Bertz CT molecular complexity index is 970. The molecule has 0 amide bonds. The van der Waals surface area contributed by atoms with Gasteiger partial charge in [0.05, 0.1) is 17.1 Å². The van der Waals surface area contributed by atoms with Crippen molar-refractivity contribution >= 4 is 30.1 Å². The van der Waals surface area contributed by atoms with Gasteiger partial charge in [-0.3, -0.25) is 0 Å². The number of halogens is 3. The fourth-order valence-electron chi connectivity index (χ4n) is 3.06. The molecule has 0 saturated heterocycles. The van der Waals surface area contributed by atoms with Crippen molar-refractivity contribution in [3.8, 4) is 0 Å². The number of hydrogen-bond acceptors (Lipinski definition) is 3. The van der Waals surface area contributed by atoms with Gasteiger partial charge in [0.2, 0.25) is 5.95 Å². The number of nitrogens with one attached hydrogen (secondary N) is 1. The summed E-state index contributed by atoms with van der Waals surface area (Å²) in [6, 6.07) is 10.0. The maximum absolute atomic E-state index is 13.2. The Hall–Kier alpha value is -2.20. The van der Waals surface area contributed by atoms with Crippen molar-refractivity contribution in [2.24, 2.45) is 0 Å². The lowest BCUT2D eigenvalue weighted by Crippen LogP contribution is -2.14. The van der Waals surface area contributed by atoms with E-state index in [1.165, 1.54) is 18.3 Å². The molecule has 0 aliphatic rings. The van der Waals surface area contributed by atoms with Crippen LogP contribution in [0, 0.1) is 6.92 Å². The highest BCUT2D eigenvalue weighted by molar-refractivity contribution is 7.64. The molecule has 27 heavy (non-hydrogen) atoms. The van der Waals surface area contributed by atoms with Crippen LogP contribution >= 0.6 is 7.92 Å². The van der Waals surface area contributed by atoms with E-state index in [1.54, 1.807) is 12.3 Å². The summed E-state index contributed by atoms with van der Waals surface area (Å²) in [6.07, 6.45) is -2.64. The molecule has 0 fully saturated rings. The summed E-state index contributed by atoms with van der Waals surface area (Å²) in [6.45, 7) is 7.66. The highest BCUT2D eigenvalue weighted by Crippen LogP contribution is 2.35. The monoisotopic (exact) mass is 391 g/mol. The molecular formula is C20H21F3N3P. The van der Waals surface area contributed by atoms with Gasteiger partial charge in [0, 0.05) is 11.6 Å². The summed E-state index contributed by atoms with van der Waals surface area (Å²) >= 11 is 0. The maximum atomic E-state index is 13.2. The minimum Gasteiger partial charge on any atom is -0.348 e. The molecule has 3 aromatic rings. The Morgan fingerprint density at radius 1 is 1.11 bits per heavy atom. The van der Waals surface area contributed by atoms with E-state index < -0.39 is 11.7 Å². The zero-order valence-electron chi connectivity index (χ0n) is 15.6. The molecule has 0 spiro atoms. The summed E-state index contributed by atoms with van der Waals surface area (Å²) in [7, 11) is -0.238. The third kappa shape index (κ3) is 4.22. The van der Waals surface area contributed by atoms with Gasteiger partial charge >= 0.3 is 6.18 Å². The van der Waals surface area contributed by atoms with E-state index in [0.717, 1.165) is 17.0 Å². The van der Waals surface area contributed by atoms with Gasteiger partial charge in [0.15, 0.2) is 0 Å². The number of benzene rings is 2. The second kappa shape index (κ2) is 7.43. The summed E-state index contributed by atoms with van der Waals surface area (Å²) < 4.78 is 39.5. The van der Waals surface area contributed by atoms with Gasteiger partial charge in [0.1, 0.15) is 0 Å². The number of hydrogen-bond donors (Lipinski definition) is 1. The van der Waals surface area contributed by atoms with Gasteiger partial charge in [-0.05, 0) is 55.7 Å². The molecule has 0 saturated carbocycles. The van der Waals surface area contributed by atoms with Crippen LogP contribution in [0.1, 0.15) is 29.7 Å². The molecule has 7 heteroatoms. The zero-order chi connectivity index (χ0) is 19.8. The molecule has 1 aromatic heterocycles. The second-order valence-electron chi connectivity index (χ2n) is 6.71. The second-order valence-corrected chi connectivity index (χ2v) is 9.02. The number of nitrogens with zero attached hydrogens (tertiary/aromatic N) is 2. The van der Waals surface area contributed by atoms with Gasteiger partial charge in [-0.15, -0.1) is 0 Å². The summed E-state index contributed by atoms with van der Waals surface area (Å²) in [4.78, 5) is 8.86. The highest BCUT2D eigenvalue weighted by Gasteiger charge is 2.33. The largest absolute Gasteiger partial charge is 0.416 e. The first-order valence-corrected chi connectivity index (χ1v) is 10.8. The number of rotatable bonds is 4. The van der Waals surface area contributed by atoms with Crippen molar-refractivity contribution < 1.29 is 13.2 Å². The normalized spacial score (nSPS) is 13.2. The zero-order valence-corrected chi connectivity index (χ0v) is 16.5. The van der Waals surface area contributed by atoms with Gasteiger partial charge < -0.3 is 5.32 Å². The number of fused-ring (bicyclic) bond motifs is 1. The lowest BCUT2D eigenvalue weighted by atomic mass is 9.97. The van der Waals surface area contributed by atoms with Crippen LogP contribution in [0.15, 0.2) is 42.6 Å². The molecule has 0 radical (unpaired) electrons. The minimum atomic E-state index is -4.37. The summed E-state index contributed by atoms with van der Waals surface area (Å²) in [5.74, 6) is 0.403. The van der Waals surface area contributed by atoms with Gasteiger partial charge in [0.25, 0.3) is 0 Å². The topological polar surface area (TPSA) is 37.8 Å². The Morgan fingerprint density at radius 3 is 2.52 bits per heavy atom. The third-order valence-corrected chi connectivity index (χ3v) is 5.89. The molecule has 3 nitrogen and oxygen atoms in total. The van der Waals surface area contributed by atoms with E-state index in [2.05, 4.69) is 34.7 Å². The highest BCUT2D eigenvalue weighted by atomic mass is 31.1. The maximum Gasteiger partial charge on any atom is 0.416 e. The Kier molecular flexibility index (Phi) is 5.38. The average Bonchev–Trinajstić information content (AvgIpc) is 2.60. The third-order valence-electron chi connectivity index (χ3n) is 4.58. The van der Waals surface area contributed by atoms with E-state index in [9.17, 15) is 13.2 Å². The predicted molar refractivity (Wildman–Crippen MR) is 106 cm³/mol. The van der Waals surface area contributed by atoms with E-state index in [4.69, 9.17) is 0 Å². The molecule has 0 aliphatic carbocycles. The molecule has 0 aliphatic heterocycles. The van der Waals surface area contributed by atoms with Gasteiger partial charge in [-0.2, -0.15) is 13.2 Å². The first kappa shape index (κ1) is 19.6. The molecule has 142 valence electrons. The van der Waals surface area contributed by atoms with E-state index >= 15 is 0 Å². The van der Waals surface area contributed by atoms with Crippen LogP contribution in [-0.2, 0) is 6.18 Å². The SMILES string of the molecule is Cc1c([C@@H](C)Nc2ncc3ccc(P(C)C)cc3n2)cccc1C(F)(F)F. The molecule has 2 aromatic carbocycles. The fourth-order valence-corrected chi connectivity index (χ4v) is 3.81. The van der Waals surface area contributed by atoms with Gasteiger partial charge in [-0.25, -0.2) is 9.97 Å². The van der Waals surface area contributed by atoms with Crippen LogP contribution in [0.5, 0.6) is 0 Å². The van der Waals surface area contributed by atoms with Crippen molar-refractivity contribution in [2.45, 2.75) is 26.1 Å². The van der Waals surface area contributed by atoms with Crippen molar-refractivity contribution in [1.82, 2.24) is 9.97 Å². The minimum absolute atomic E-state index is 0.218. The molecular weight excluding hydrogens is 370 g/mol. The number of alkyl halides is 3. The molecule has 0 bridgehead atoms. The summed E-state index contributed by atoms with van der Waals surface area (Å²) in [5, 5.41) is 5.31. The van der Waals surface area contributed by atoms with Crippen LogP contribution in [0.3, 0.4) is 0 Å². The van der Waals surface area contributed by atoms with Crippen molar-refractivity contribution in [3.05, 3.63) is 59.3 Å². The van der Waals surface area contributed by atoms with Crippen molar-refractivity contribution in [1.29, 1.82) is 0 Å². The molecule has 3 rings (SSSR count). The predicted octanol–water partition coefficient (Wildman–Crippen LogP) is 5.50. The molecule has 0 unspecified atom stereocenters. The first-order valence-electron chi connectivity index (χ1n) is 8.54. The van der Waals surface area contributed by atoms with Crippen LogP contribution in [-0.4, -0.2) is 23.3 Å². The molecule has 1 heterocycles. The smallest absolute Gasteiger partial charge is 0.348 e. The van der Waals surface area contributed by atoms with E-state index in [0.29, 0.717) is 11.5 Å². The Balaban J connectivity index is 1.91. The average molecular weight is 391 g/mol. The number of aromatic nitrogens is 2. The van der Waals surface area contributed by atoms with E-state index in [1.807, 2.05) is 19.1 Å². The van der Waals surface area contributed by atoms with E-state index in [-0.39, 0.29) is 19.5 Å². The standard InChI is InChI=1S/C20H21F3N3P/c1-12-16(6-5-7-17(12)20(21,22)23)13(2)25-19-24-11-14-8-9-15(27(3)4)10-18(14)26-19/h5-11,13H,1-4H3,(H,24,25,26)/t13-/m1/s1. The lowest BCUT2D eigenvalue weighted by molar-refractivity contribution is -0.138. The van der Waals surface area contributed by atoms with Crippen LogP contribution in [0.25, 0.3) is 10.9 Å². The van der Waals surface area contributed by atoms with Crippen LogP contribution in [0.4, 0.5) is 19.1 Å². The number of anilines is 1. The van der Waals surface area contributed by atoms with Crippen LogP contribution in [0.2, 0.25) is 0 Å². The van der Waals surface area contributed by atoms with Crippen LogP contribution < -0.4 is 10.6 Å². The first-order chi connectivity index (χ1) is 12.7. The fraction of sp³-hybridized carbons (Fsp3) is 0.300. The van der Waals surface area contributed by atoms with Crippen molar-refractivity contribution in [3.63, 3.8) is 0 Å².